The second-order valence-corrected chi connectivity index (χ2v) is 2.95. The molecule has 0 aromatic carbocycles. The second-order valence-electron chi connectivity index (χ2n) is 2.95. The van der Waals surface area contributed by atoms with Gasteiger partial charge in [0.15, 0.2) is 0 Å². The van der Waals surface area contributed by atoms with E-state index < -0.39 is 5.91 Å². The van der Waals surface area contributed by atoms with E-state index in [1.807, 2.05) is 0 Å². The van der Waals surface area contributed by atoms with Crippen LogP contribution >= 0.6 is 0 Å². The first-order valence-electron chi connectivity index (χ1n) is 4.26. The highest BCUT2D eigenvalue weighted by Gasteiger charge is 2.25. The first-order chi connectivity index (χ1) is 6.24. The minimum absolute atomic E-state index is 0.0786. The molecule has 0 radical (unpaired) electrons. The van der Waals surface area contributed by atoms with Gasteiger partial charge in [-0.05, 0) is 25.7 Å². The van der Waals surface area contributed by atoms with E-state index in [1.165, 1.54) is 0 Å². The highest BCUT2D eigenvalue weighted by atomic mass is 16.2. The molecule has 0 aliphatic heterocycles. The Morgan fingerprint density at radius 3 is 2.46 bits per heavy atom. The molecule has 1 saturated carbocycles. The van der Waals surface area contributed by atoms with Gasteiger partial charge in [0.1, 0.15) is 0 Å². The molecule has 1 rings (SSSR count). The minimum atomic E-state index is -0.477. The molecule has 0 heterocycles. The van der Waals surface area contributed by atoms with Crippen LogP contribution in [-0.2, 0) is 9.59 Å². The Bertz CT molecular complexity index is 271. The lowest BCUT2D eigenvalue weighted by atomic mass is 9.85. The molecule has 0 aromatic heterocycles. The molecule has 4 heteroatoms. The number of hydrogen-bond donors (Lipinski definition) is 2. The zero-order valence-corrected chi connectivity index (χ0v) is 7.52. The average molecular weight is 180 g/mol. The number of carbonyl (C=O) groups excluding carboxylic acids is 2. The Kier molecular flexibility index (Phi) is 3.32. The van der Waals surface area contributed by atoms with E-state index in [2.05, 4.69) is 22.7 Å². The fraction of sp³-hybridized carbons (Fsp3) is 0.556. The van der Waals surface area contributed by atoms with Gasteiger partial charge >= 0.3 is 5.91 Å². The van der Waals surface area contributed by atoms with Gasteiger partial charge in [-0.25, -0.2) is 0 Å². The van der Waals surface area contributed by atoms with Gasteiger partial charge in [-0.3, -0.25) is 20.4 Å². The lowest BCUT2D eigenvalue weighted by Gasteiger charge is -2.23. The summed E-state index contributed by atoms with van der Waals surface area (Å²) >= 11 is 0. The predicted molar refractivity (Wildman–Crippen MR) is 47.1 cm³/mol. The van der Waals surface area contributed by atoms with Gasteiger partial charge in [-0.1, -0.05) is 12.3 Å². The zero-order chi connectivity index (χ0) is 9.68. The highest BCUT2D eigenvalue weighted by molar-refractivity contribution is 5.94. The van der Waals surface area contributed by atoms with Gasteiger partial charge in [0.05, 0.1) is 0 Å². The van der Waals surface area contributed by atoms with Crippen molar-refractivity contribution in [3.05, 3.63) is 0 Å². The Morgan fingerprint density at radius 2 is 2.00 bits per heavy atom. The third kappa shape index (κ3) is 2.79. The van der Waals surface area contributed by atoms with Crippen molar-refractivity contribution in [1.82, 2.24) is 10.9 Å². The summed E-state index contributed by atoms with van der Waals surface area (Å²) in [5, 5.41) is 0. The molecule has 0 spiro atoms. The van der Waals surface area contributed by atoms with E-state index in [4.69, 9.17) is 0 Å². The zero-order valence-electron chi connectivity index (χ0n) is 7.52. The van der Waals surface area contributed by atoms with E-state index in [-0.39, 0.29) is 11.8 Å². The van der Waals surface area contributed by atoms with E-state index in [9.17, 15) is 9.59 Å². The minimum Gasteiger partial charge on any atom is -0.273 e. The van der Waals surface area contributed by atoms with Crippen LogP contribution in [0.25, 0.3) is 0 Å². The molecule has 0 unspecified atom stereocenters. The topological polar surface area (TPSA) is 58.2 Å². The van der Waals surface area contributed by atoms with Crippen molar-refractivity contribution in [3.63, 3.8) is 0 Å². The summed E-state index contributed by atoms with van der Waals surface area (Å²) in [6.45, 7) is 1.56. The summed E-state index contributed by atoms with van der Waals surface area (Å²) in [6.07, 6.45) is 2.93. The smallest absolute Gasteiger partial charge is 0.273 e. The number of carbonyl (C=O) groups is 2. The number of amides is 2. The van der Waals surface area contributed by atoms with Crippen molar-refractivity contribution in [2.75, 3.05) is 0 Å². The van der Waals surface area contributed by atoms with Crippen LogP contribution in [-0.4, -0.2) is 11.8 Å². The third-order valence-corrected chi connectivity index (χ3v) is 2.01. The lowest BCUT2D eigenvalue weighted by Crippen LogP contribution is -2.45. The van der Waals surface area contributed by atoms with Crippen molar-refractivity contribution in [2.45, 2.75) is 26.2 Å². The number of nitrogens with one attached hydrogen (secondary N) is 2. The lowest BCUT2D eigenvalue weighted by molar-refractivity contribution is -0.131. The van der Waals surface area contributed by atoms with Gasteiger partial charge in [-0.2, -0.15) is 0 Å². The van der Waals surface area contributed by atoms with Gasteiger partial charge in [0, 0.05) is 5.92 Å². The van der Waals surface area contributed by atoms with Crippen LogP contribution in [0, 0.1) is 17.8 Å². The number of hydrogen-bond acceptors (Lipinski definition) is 2. The molecule has 0 atom stereocenters. The van der Waals surface area contributed by atoms with Crippen molar-refractivity contribution < 1.29 is 9.59 Å². The van der Waals surface area contributed by atoms with Crippen molar-refractivity contribution in [1.29, 1.82) is 0 Å². The summed E-state index contributed by atoms with van der Waals surface area (Å²) < 4.78 is 0. The average Bonchev–Trinajstić information content (AvgIpc) is 1.98. The van der Waals surface area contributed by atoms with E-state index in [0.717, 1.165) is 19.3 Å². The van der Waals surface area contributed by atoms with Gasteiger partial charge < -0.3 is 0 Å². The molecule has 2 N–H and O–H groups in total. The highest BCUT2D eigenvalue weighted by Crippen LogP contribution is 2.25. The Hall–Kier alpha value is -1.50. The van der Waals surface area contributed by atoms with Crippen LogP contribution in [0.5, 0.6) is 0 Å². The van der Waals surface area contributed by atoms with Crippen LogP contribution in [0.4, 0.5) is 0 Å². The molecule has 1 aliphatic rings. The van der Waals surface area contributed by atoms with Crippen molar-refractivity contribution in [3.8, 4) is 11.8 Å². The Balaban J connectivity index is 2.20. The number of rotatable bonds is 1. The van der Waals surface area contributed by atoms with Crippen LogP contribution in [0.1, 0.15) is 26.2 Å². The summed E-state index contributed by atoms with van der Waals surface area (Å²) in [6, 6.07) is 0. The predicted octanol–water partition coefficient (Wildman–Crippen LogP) is -0.0428. The standard InChI is InChI=1S/C9H12N2O2/c1-2-4-8(12)10-11-9(13)7-5-3-6-7/h7H,3,5-6H2,1H3,(H,10,12)(H,11,13). The summed E-state index contributed by atoms with van der Waals surface area (Å²) in [7, 11) is 0. The van der Waals surface area contributed by atoms with E-state index >= 15 is 0 Å². The molecule has 0 bridgehead atoms. The molecule has 2 amide bonds. The van der Waals surface area contributed by atoms with Gasteiger partial charge in [0.25, 0.3) is 0 Å². The SMILES string of the molecule is CC#CC(=O)NNC(=O)C1CCC1. The summed E-state index contributed by atoms with van der Waals surface area (Å²) in [5.74, 6) is 4.18. The normalized spacial score (nSPS) is 14.8. The molecular weight excluding hydrogens is 168 g/mol. The van der Waals surface area contributed by atoms with E-state index in [0.29, 0.717) is 0 Å². The molecule has 0 aromatic rings. The van der Waals surface area contributed by atoms with E-state index in [1.54, 1.807) is 6.92 Å². The summed E-state index contributed by atoms with van der Waals surface area (Å²) in [5.41, 5.74) is 4.55. The fourth-order valence-electron chi connectivity index (χ4n) is 1.04. The second kappa shape index (κ2) is 4.51. The molecule has 70 valence electrons. The Labute approximate surface area is 77.0 Å². The maximum absolute atomic E-state index is 11.2. The van der Waals surface area contributed by atoms with Crippen LogP contribution < -0.4 is 10.9 Å². The largest absolute Gasteiger partial charge is 0.314 e. The van der Waals surface area contributed by atoms with Crippen LogP contribution in [0.15, 0.2) is 0 Å². The summed E-state index contributed by atoms with van der Waals surface area (Å²) in [4.78, 5) is 21.9. The Morgan fingerprint density at radius 1 is 1.31 bits per heavy atom. The third-order valence-electron chi connectivity index (χ3n) is 2.01. The van der Waals surface area contributed by atoms with Gasteiger partial charge in [-0.15, -0.1) is 0 Å². The molecule has 1 fully saturated rings. The molecule has 0 saturated heterocycles. The first-order valence-corrected chi connectivity index (χ1v) is 4.26. The molecule has 4 nitrogen and oxygen atoms in total. The van der Waals surface area contributed by atoms with Crippen molar-refractivity contribution >= 4 is 11.8 Å². The molecular formula is C9H12N2O2. The fourth-order valence-corrected chi connectivity index (χ4v) is 1.04. The monoisotopic (exact) mass is 180 g/mol. The molecule has 13 heavy (non-hydrogen) atoms. The first kappa shape index (κ1) is 9.59. The number of hydrazine groups is 1. The van der Waals surface area contributed by atoms with Crippen LogP contribution in [0.2, 0.25) is 0 Å². The maximum atomic E-state index is 11.2. The quantitative estimate of drug-likeness (QED) is 0.439. The maximum Gasteiger partial charge on any atom is 0.314 e. The molecule has 1 aliphatic carbocycles. The van der Waals surface area contributed by atoms with Gasteiger partial charge in [0.2, 0.25) is 5.91 Å². The van der Waals surface area contributed by atoms with Crippen LogP contribution in [0.3, 0.4) is 0 Å². The van der Waals surface area contributed by atoms with Crippen molar-refractivity contribution in [2.24, 2.45) is 5.92 Å².